The highest BCUT2D eigenvalue weighted by atomic mass is 16.4. The lowest BCUT2D eigenvalue weighted by atomic mass is 10.1. The molecule has 0 bridgehead atoms. The van der Waals surface area contributed by atoms with E-state index in [-0.39, 0.29) is 5.91 Å². The molecule has 0 atom stereocenters. The van der Waals surface area contributed by atoms with Crippen molar-refractivity contribution >= 4 is 5.91 Å². The van der Waals surface area contributed by atoms with Gasteiger partial charge in [0.2, 0.25) is 0 Å². The number of oxazole rings is 1. The lowest BCUT2D eigenvalue weighted by molar-refractivity contribution is 0.0728. The van der Waals surface area contributed by atoms with E-state index in [1.165, 1.54) is 37.1 Å². The molecule has 160 valence electrons. The van der Waals surface area contributed by atoms with Crippen molar-refractivity contribution < 1.29 is 9.21 Å². The van der Waals surface area contributed by atoms with Crippen molar-refractivity contribution in [2.45, 2.75) is 45.2 Å². The van der Waals surface area contributed by atoms with Gasteiger partial charge in [-0.3, -0.25) is 14.7 Å². The maximum Gasteiger partial charge on any atom is 0.254 e. The van der Waals surface area contributed by atoms with E-state index in [0.29, 0.717) is 19.5 Å². The number of carbonyl (C=O) groups is 1. The highest BCUT2D eigenvalue weighted by Crippen LogP contribution is 2.22. The number of fused-ring (bicyclic) bond motifs is 1. The molecule has 6 heteroatoms. The summed E-state index contributed by atoms with van der Waals surface area (Å²) in [5.74, 6) is 1.74. The van der Waals surface area contributed by atoms with Crippen LogP contribution in [-0.2, 0) is 32.4 Å². The zero-order chi connectivity index (χ0) is 21.0. The fourth-order valence-electron chi connectivity index (χ4n) is 4.46. The summed E-state index contributed by atoms with van der Waals surface area (Å²) in [5.41, 5.74) is 4.08. The van der Waals surface area contributed by atoms with Crippen LogP contribution in [0.25, 0.3) is 0 Å². The third-order valence-corrected chi connectivity index (χ3v) is 6.22. The second-order valence-electron chi connectivity index (χ2n) is 8.50. The van der Waals surface area contributed by atoms with E-state index in [1.807, 2.05) is 29.3 Å². The van der Waals surface area contributed by atoms with Crippen LogP contribution in [0, 0.1) is 0 Å². The molecule has 5 rings (SSSR count). The number of aryl methyl sites for hydroxylation is 2. The molecular weight excluding hydrogens is 388 g/mol. The van der Waals surface area contributed by atoms with Crippen molar-refractivity contribution in [2.75, 3.05) is 19.6 Å². The average molecular weight is 417 g/mol. The van der Waals surface area contributed by atoms with E-state index >= 15 is 0 Å². The van der Waals surface area contributed by atoms with Crippen LogP contribution in [0.1, 0.15) is 51.7 Å². The summed E-state index contributed by atoms with van der Waals surface area (Å²) in [7, 11) is 0. The first-order valence-electron chi connectivity index (χ1n) is 11.2. The molecule has 1 fully saturated rings. The number of benzene rings is 1. The summed E-state index contributed by atoms with van der Waals surface area (Å²) in [6.45, 7) is 4.51. The molecule has 1 amide bonds. The van der Waals surface area contributed by atoms with Gasteiger partial charge < -0.3 is 9.32 Å². The summed E-state index contributed by atoms with van der Waals surface area (Å²) < 4.78 is 5.97. The number of hydrogen-bond donors (Lipinski definition) is 0. The molecule has 2 aliphatic rings. The van der Waals surface area contributed by atoms with Crippen molar-refractivity contribution in [3.8, 4) is 0 Å². The van der Waals surface area contributed by atoms with Crippen LogP contribution in [-0.4, -0.2) is 45.3 Å². The molecule has 0 unspecified atom stereocenters. The van der Waals surface area contributed by atoms with E-state index in [9.17, 15) is 4.79 Å². The lowest BCUT2D eigenvalue weighted by Crippen LogP contribution is -2.35. The summed E-state index contributed by atoms with van der Waals surface area (Å²) in [5, 5.41) is 0. The first kappa shape index (κ1) is 19.9. The van der Waals surface area contributed by atoms with E-state index in [1.54, 1.807) is 6.20 Å². The largest absolute Gasteiger partial charge is 0.445 e. The van der Waals surface area contributed by atoms with Gasteiger partial charge >= 0.3 is 0 Å². The Balaban J connectivity index is 1.20. The summed E-state index contributed by atoms with van der Waals surface area (Å²) in [4.78, 5) is 26.2. The van der Waals surface area contributed by atoms with Gasteiger partial charge in [-0.25, -0.2) is 4.98 Å². The Morgan fingerprint density at radius 2 is 1.84 bits per heavy atom. The van der Waals surface area contributed by atoms with Gasteiger partial charge in [-0.15, -0.1) is 0 Å². The fourth-order valence-corrected chi connectivity index (χ4v) is 4.46. The van der Waals surface area contributed by atoms with Crippen LogP contribution in [0.2, 0.25) is 0 Å². The predicted octanol–water partition coefficient (Wildman–Crippen LogP) is 3.65. The normalized spacial score (nSPS) is 16.5. The molecule has 0 spiro atoms. The number of carbonyl (C=O) groups excluding carboxylic acids is 1. The Labute approximate surface area is 182 Å². The van der Waals surface area contributed by atoms with Crippen LogP contribution < -0.4 is 0 Å². The van der Waals surface area contributed by atoms with Crippen LogP contribution in [0.4, 0.5) is 0 Å². The second kappa shape index (κ2) is 9.02. The molecule has 0 radical (unpaired) electrons. The first-order valence-corrected chi connectivity index (χ1v) is 11.2. The Bertz CT molecular complexity index is 1020. The molecule has 2 aliphatic heterocycles. The molecule has 3 aromatic rings. The number of rotatable bonds is 6. The minimum Gasteiger partial charge on any atom is -0.445 e. The second-order valence-corrected chi connectivity index (χ2v) is 8.50. The SMILES string of the molecule is O=C(c1ccc(CN2CCCC2)cc1)N1CCc2oc(CCc3cccnc3)nc2C1. The minimum atomic E-state index is 0.0679. The molecule has 1 saturated heterocycles. The molecule has 4 heterocycles. The van der Waals surface area contributed by atoms with Gasteiger partial charge in [-0.05, 0) is 61.7 Å². The molecule has 0 aliphatic carbocycles. The summed E-state index contributed by atoms with van der Waals surface area (Å²) in [6, 6.07) is 12.1. The van der Waals surface area contributed by atoms with Crippen LogP contribution >= 0.6 is 0 Å². The Morgan fingerprint density at radius 1 is 1.00 bits per heavy atom. The van der Waals surface area contributed by atoms with E-state index in [4.69, 9.17) is 4.42 Å². The van der Waals surface area contributed by atoms with Crippen LogP contribution in [0.15, 0.2) is 53.2 Å². The van der Waals surface area contributed by atoms with Crippen LogP contribution in [0.3, 0.4) is 0 Å². The van der Waals surface area contributed by atoms with Crippen molar-refractivity contribution in [3.63, 3.8) is 0 Å². The number of pyridine rings is 1. The molecule has 6 nitrogen and oxygen atoms in total. The smallest absolute Gasteiger partial charge is 0.254 e. The van der Waals surface area contributed by atoms with E-state index in [0.717, 1.165) is 42.3 Å². The highest BCUT2D eigenvalue weighted by molar-refractivity contribution is 5.94. The van der Waals surface area contributed by atoms with Crippen molar-refractivity contribution in [1.82, 2.24) is 19.8 Å². The van der Waals surface area contributed by atoms with Crippen molar-refractivity contribution in [1.29, 1.82) is 0 Å². The van der Waals surface area contributed by atoms with E-state index in [2.05, 4.69) is 33.1 Å². The Morgan fingerprint density at radius 3 is 2.61 bits per heavy atom. The van der Waals surface area contributed by atoms with Gasteiger partial charge in [0.15, 0.2) is 5.89 Å². The standard InChI is InChI=1S/C25H28N4O2/c30-25(21-8-5-20(6-9-21)17-28-13-1-2-14-28)29-15-11-23-22(18-29)27-24(31-23)10-7-19-4-3-12-26-16-19/h3-6,8-9,12,16H,1-2,7,10-11,13-15,17-18H2. The average Bonchev–Trinajstić information content (AvgIpc) is 3.47. The van der Waals surface area contributed by atoms with Crippen molar-refractivity contribution in [2.24, 2.45) is 0 Å². The number of hydrogen-bond acceptors (Lipinski definition) is 5. The lowest BCUT2D eigenvalue weighted by Gasteiger charge is -2.25. The maximum absolute atomic E-state index is 13.0. The van der Waals surface area contributed by atoms with Gasteiger partial charge in [-0.2, -0.15) is 0 Å². The molecule has 2 aromatic heterocycles. The Kier molecular flexibility index (Phi) is 5.80. The molecule has 31 heavy (non-hydrogen) atoms. The molecule has 0 N–H and O–H groups in total. The number of nitrogens with zero attached hydrogens (tertiary/aromatic N) is 4. The zero-order valence-electron chi connectivity index (χ0n) is 17.8. The van der Waals surface area contributed by atoms with Gasteiger partial charge in [0.25, 0.3) is 5.91 Å². The predicted molar refractivity (Wildman–Crippen MR) is 118 cm³/mol. The number of aromatic nitrogens is 2. The molecule has 0 saturated carbocycles. The third-order valence-electron chi connectivity index (χ3n) is 6.22. The molecule has 1 aromatic carbocycles. The van der Waals surface area contributed by atoms with Gasteiger partial charge in [0.05, 0.1) is 6.54 Å². The van der Waals surface area contributed by atoms with Gasteiger partial charge in [0, 0.05) is 43.9 Å². The highest BCUT2D eigenvalue weighted by Gasteiger charge is 2.26. The minimum absolute atomic E-state index is 0.0679. The summed E-state index contributed by atoms with van der Waals surface area (Å²) in [6.07, 6.45) is 8.54. The van der Waals surface area contributed by atoms with Crippen molar-refractivity contribution in [3.05, 3.63) is 82.8 Å². The van der Waals surface area contributed by atoms with Crippen LogP contribution in [0.5, 0.6) is 0 Å². The quantitative estimate of drug-likeness (QED) is 0.614. The topological polar surface area (TPSA) is 62.5 Å². The molecular formula is C25H28N4O2. The number of amides is 1. The van der Waals surface area contributed by atoms with Gasteiger partial charge in [0.1, 0.15) is 11.5 Å². The Hall–Kier alpha value is -2.99. The van der Waals surface area contributed by atoms with Gasteiger partial charge in [-0.1, -0.05) is 18.2 Å². The third kappa shape index (κ3) is 4.69. The first-order chi connectivity index (χ1) is 15.2. The van der Waals surface area contributed by atoms with E-state index < -0.39 is 0 Å². The number of likely N-dealkylation sites (tertiary alicyclic amines) is 1. The maximum atomic E-state index is 13.0. The monoisotopic (exact) mass is 416 g/mol. The zero-order valence-corrected chi connectivity index (χ0v) is 17.8. The summed E-state index contributed by atoms with van der Waals surface area (Å²) >= 11 is 0. The fraction of sp³-hybridized carbons (Fsp3) is 0.400.